The van der Waals surface area contributed by atoms with E-state index in [4.69, 9.17) is 5.73 Å². The average molecular weight is 237 g/mol. The maximum absolute atomic E-state index is 5.90. The van der Waals surface area contributed by atoms with Crippen LogP contribution in [0.1, 0.15) is 5.56 Å². The zero-order chi connectivity index (χ0) is 12.4. The summed E-state index contributed by atoms with van der Waals surface area (Å²) in [5.74, 6) is 0. The third-order valence-corrected chi connectivity index (χ3v) is 3.10. The SMILES string of the molecule is Nc1ccccc1NCc1c[nH]c2ccccc12. The summed E-state index contributed by atoms with van der Waals surface area (Å²) < 4.78 is 0. The van der Waals surface area contributed by atoms with Crippen LogP contribution in [0.2, 0.25) is 0 Å². The number of anilines is 2. The summed E-state index contributed by atoms with van der Waals surface area (Å²) in [5, 5.41) is 4.61. The number of aromatic amines is 1. The summed E-state index contributed by atoms with van der Waals surface area (Å²) in [7, 11) is 0. The van der Waals surface area contributed by atoms with Crippen molar-refractivity contribution >= 4 is 22.3 Å². The van der Waals surface area contributed by atoms with Gasteiger partial charge in [-0.2, -0.15) is 0 Å². The first-order valence-electron chi connectivity index (χ1n) is 5.98. The lowest BCUT2D eigenvalue weighted by molar-refractivity contribution is 1.16. The predicted molar refractivity (Wildman–Crippen MR) is 76.5 cm³/mol. The van der Waals surface area contributed by atoms with Gasteiger partial charge in [-0.3, -0.25) is 0 Å². The number of hydrogen-bond acceptors (Lipinski definition) is 2. The van der Waals surface area contributed by atoms with Gasteiger partial charge in [0.25, 0.3) is 0 Å². The summed E-state index contributed by atoms with van der Waals surface area (Å²) in [5.41, 5.74) is 10.1. The van der Waals surface area contributed by atoms with Crippen molar-refractivity contribution in [1.82, 2.24) is 4.98 Å². The van der Waals surface area contributed by atoms with Crippen molar-refractivity contribution in [2.75, 3.05) is 11.1 Å². The van der Waals surface area contributed by atoms with Crippen LogP contribution in [0.15, 0.2) is 54.7 Å². The Hall–Kier alpha value is -2.42. The minimum absolute atomic E-state index is 0.762. The molecular formula is C15H15N3. The molecule has 0 saturated heterocycles. The minimum Gasteiger partial charge on any atom is -0.397 e. The van der Waals surface area contributed by atoms with Crippen LogP contribution in [0.25, 0.3) is 10.9 Å². The van der Waals surface area contributed by atoms with Crippen molar-refractivity contribution in [2.24, 2.45) is 0 Å². The van der Waals surface area contributed by atoms with E-state index in [0.717, 1.165) is 23.4 Å². The number of benzene rings is 2. The lowest BCUT2D eigenvalue weighted by atomic mass is 10.1. The van der Waals surface area contributed by atoms with Crippen LogP contribution in [0.4, 0.5) is 11.4 Å². The molecule has 1 heterocycles. The zero-order valence-electron chi connectivity index (χ0n) is 9.98. The summed E-state index contributed by atoms with van der Waals surface area (Å²) in [6.45, 7) is 0.762. The molecule has 0 unspecified atom stereocenters. The number of nitrogens with two attached hydrogens (primary N) is 1. The van der Waals surface area contributed by atoms with Crippen LogP contribution in [-0.2, 0) is 6.54 Å². The Morgan fingerprint density at radius 3 is 2.67 bits per heavy atom. The Balaban J connectivity index is 1.83. The molecule has 4 N–H and O–H groups in total. The van der Waals surface area contributed by atoms with E-state index in [1.54, 1.807) is 0 Å². The van der Waals surface area contributed by atoms with Crippen LogP contribution >= 0.6 is 0 Å². The minimum atomic E-state index is 0.762. The van der Waals surface area contributed by atoms with Crippen LogP contribution in [0.3, 0.4) is 0 Å². The lowest BCUT2D eigenvalue weighted by Gasteiger charge is -2.08. The number of nitrogen functional groups attached to an aromatic ring is 1. The van der Waals surface area contributed by atoms with Gasteiger partial charge in [0.15, 0.2) is 0 Å². The second kappa shape index (κ2) is 4.45. The summed E-state index contributed by atoms with van der Waals surface area (Å²) in [6.07, 6.45) is 2.04. The van der Waals surface area contributed by atoms with Gasteiger partial charge in [0.2, 0.25) is 0 Å². The number of H-pyrrole nitrogens is 1. The Morgan fingerprint density at radius 2 is 1.78 bits per heavy atom. The number of fused-ring (bicyclic) bond motifs is 1. The fraction of sp³-hybridized carbons (Fsp3) is 0.0667. The van der Waals surface area contributed by atoms with E-state index in [1.165, 1.54) is 10.9 Å². The van der Waals surface area contributed by atoms with E-state index in [0.29, 0.717) is 0 Å². The maximum Gasteiger partial charge on any atom is 0.0576 e. The van der Waals surface area contributed by atoms with Crippen LogP contribution in [-0.4, -0.2) is 4.98 Å². The van der Waals surface area contributed by atoms with Gasteiger partial charge in [-0.05, 0) is 23.8 Å². The van der Waals surface area contributed by atoms with Crippen molar-refractivity contribution in [1.29, 1.82) is 0 Å². The third kappa shape index (κ3) is 1.91. The molecule has 0 radical (unpaired) electrons. The number of aromatic nitrogens is 1. The molecule has 1 aromatic heterocycles. The Morgan fingerprint density at radius 1 is 1.00 bits per heavy atom. The highest BCUT2D eigenvalue weighted by atomic mass is 14.9. The highest BCUT2D eigenvalue weighted by Crippen LogP contribution is 2.21. The molecule has 3 aromatic rings. The summed E-state index contributed by atoms with van der Waals surface area (Å²) in [6, 6.07) is 16.1. The second-order valence-electron chi connectivity index (χ2n) is 4.30. The first-order valence-corrected chi connectivity index (χ1v) is 5.98. The van der Waals surface area contributed by atoms with Gasteiger partial charge in [-0.15, -0.1) is 0 Å². The second-order valence-corrected chi connectivity index (χ2v) is 4.30. The molecule has 0 aliphatic rings. The molecule has 18 heavy (non-hydrogen) atoms. The van der Waals surface area contributed by atoms with E-state index in [2.05, 4.69) is 28.5 Å². The molecule has 3 rings (SSSR count). The highest BCUT2D eigenvalue weighted by Gasteiger charge is 2.03. The number of hydrogen-bond donors (Lipinski definition) is 3. The number of nitrogens with one attached hydrogen (secondary N) is 2. The molecule has 3 heteroatoms. The normalized spacial score (nSPS) is 10.7. The van der Waals surface area contributed by atoms with Gasteiger partial charge in [0, 0.05) is 23.6 Å². The number of rotatable bonds is 3. The van der Waals surface area contributed by atoms with Crippen molar-refractivity contribution in [2.45, 2.75) is 6.54 Å². The predicted octanol–water partition coefficient (Wildman–Crippen LogP) is 3.36. The van der Waals surface area contributed by atoms with E-state index in [9.17, 15) is 0 Å². The largest absolute Gasteiger partial charge is 0.397 e. The third-order valence-electron chi connectivity index (χ3n) is 3.10. The monoisotopic (exact) mass is 237 g/mol. The average Bonchev–Trinajstić information content (AvgIpc) is 2.81. The fourth-order valence-corrected chi connectivity index (χ4v) is 2.13. The molecule has 2 aromatic carbocycles. The van der Waals surface area contributed by atoms with Gasteiger partial charge in [0.1, 0.15) is 0 Å². The molecule has 0 aliphatic carbocycles. The summed E-state index contributed by atoms with van der Waals surface area (Å²) in [4.78, 5) is 3.27. The number of para-hydroxylation sites is 3. The molecule has 0 saturated carbocycles. The Labute approximate surface area is 106 Å². The molecule has 90 valence electrons. The molecule has 0 spiro atoms. The van der Waals surface area contributed by atoms with Gasteiger partial charge < -0.3 is 16.0 Å². The van der Waals surface area contributed by atoms with Crippen LogP contribution < -0.4 is 11.1 Å². The van der Waals surface area contributed by atoms with Gasteiger partial charge in [-0.1, -0.05) is 30.3 Å². The molecule has 0 bridgehead atoms. The fourth-order valence-electron chi connectivity index (χ4n) is 2.13. The first-order chi connectivity index (χ1) is 8.84. The van der Waals surface area contributed by atoms with E-state index in [-0.39, 0.29) is 0 Å². The van der Waals surface area contributed by atoms with Gasteiger partial charge >= 0.3 is 0 Å². The summed E-state index contributed by atoms with van der Waals surface area (Å²) >= 11 is 0. The van der Waals surface area contributed by atoms with Crippen LogP contribution in [0.5, 0.6) is 0 Å². The van der Waals surface area contributed by atoms with Crippen LogP contribution in [0, 0.1) is 0 Å². The molecule has 0 amide bonds. The molecule has 0 atom stereocenters. The van der Waals surface area contributed by atoms with Crippen molar-refractivity contribution in [3.63, 3.8) is 0 Å². The van der Waals surface area contributed by atoms with Crippen molar-refractivity contribution in [3.8, 4) is 0 Å². The lowest BCUT2D eigenvalue weighted by Crippen LogP contribution is -2.01. The Kier molecular flexibility index (Phi) is 2.65. The highest BCUT2D eigenvalue weighted by molar-refractivity contribution is 5.83. The van der Waals surface area contributed by atoms with Crippen molar-refractivity contribution in [3.05, 3.63) is 60.3 Å². The first kappa shape index (κ1) is 10.7. The van der Waals surface area contributed by atoms with Gasteiger partial charge in [0.05, 0.1) is 11.4 Å². The quantitative estimate of drug-likeness (QED) is 0.612. The molecule has 0 aliphatic heterocycles. The molecular weight excluding hydrogens is 222 g/mol. The van der Waals surface area contributed by atoms with E-state index >= 15 is 0 Å². The standard InChI is InChI=1S/C15H15N3/c16-13-6-2-4-8-15(13)18-10-11-9-17-14-7-3-1-5-12(11)14/h1-9,17-18H,10,16H2. The molecule has 0 fully saturated rings. The zero-order valence-corrected chi connectivity index (χ0v) is 9.98. The smallest absolute Gasteiger partial charge is 0.0576 e. The maximum atomic E-state index is 5.90. The Bertz CT molecular complexity index is 670. The van der Waals surface area contributed by atoms with E-state index < -0.39 is 0 Å². The van der Waals surface area contributed by atoms with E-state index in [1.807, 2.05) is 36.5 Å². The topological polar surface area (TPSA) is 53.8 Å². The van der Waals surface area contributed by atoms with Gasteiger partial charge in [-0.25, -0.2) is 0 Å². The molecule has 3 nitrogen and oxygen atoms in total. The van der Waals surface area contributed by atoms with Crippen molar-refractivity contribution < 1.29 is 0 Å².